The van der Waals surface area contributed by atoms with Crippen LogP contribution in [0.15, 0.2) is 72.8 Å². The van der Waals surface area contributed by atoms with E-state index in [9.17, 15) is 9.59 Å². The zero-order valence-electron chi connectivity index (χ0n) is 17.7. The van der Waals surface area contributed by atoms with E-state index in [1.807, 2.05) is 35.0 Å². The summed E-state index contributed by atoms with van der Waals surface area (Å²) in [7, 11) is 0. The molecule has 0 unspecified atom stereocenters. The van der Waals surface area contributed by atoms with E-state index in [1.165, 1.54) is 0 Å². The number of nitrogens with zero attached hydrogens (tertiary/aromatic N) is 2. The SMILES string of the molecule is O=C(O)CCCC/C=C(\Cc1cccc2ccccc12)C(=O)NCCCn1ccnc1. The van der Waals surface area contributed by atoms with Crippen molar-refractivity contribution in [1.29, 1.82) is 0 Å². The van der Waals surface area contributed by atoms with E-state index in [0.717, 1.165) is 41.3 Å². The Morgan fingerprint density at radius 3 is 2.71 bits per heavy atom. The molecule has 0 bridgehead atoms. The van der Waals surface area contributed by atoms with Gasteiger partial charge in [-0.2, -0.15) is 0 Å². The maximum absolute atomic E-state index is 12.9. The van der Waals surface area contributed by atoms with Gasteiger partial charge in [-0.1, -0.05) is 48.5 Å². The smallest absolute Gasteiger partial charge is 0.303 e. The number of unbranched alkanes of at least 4 members (excludes halogenated alkanes) is 2. The highest BCUT2D eigenvalue weighted by atomic mass is 16.4. The van der Waals surface area contributed by atoms with Gasteiger partial charge in [0.25, 0.3) is 0 Å². The molecule has 1 amide bonds. The highest BCUT2D eigenvalue weighted by Gasteiger charge is 2.12. The number of benzene rings is 2. The molecule has 0 spiro atoms. The number of carboxylic acid groups (broad SMARTS) is 1. The van der Waals surface area contributed by atoms with Gasteiger partial charge in [0.1, 0.15) is 0 Å². The Hall–Kier alpha value is -3.41. The average molecular weight is 420 g/mol. The van der Waals surface area contributed by atoms with Crippen LogP contribution in [-0.4, -0.2) is 33.1 Å². The molecular weight excluding hydrogens is 390 g/mol. The predicted molar refractivity (Wildman–Crippen MR) is 122 cm³/mol. The normalized spacial score (nSPS) is 11.5. The molecular formula is C25H29N3O3. The summed E-state index contributed by atoms with van der Waals surface area (Å²) in [4.78, 5) is 27.7. The van der Waals surface area contributed by atoms with Crippen molar-refractivity contribution in [3.05, 3.63) is 78.4 Å². The van der Waals surface area contributed by atoms with E-state index in [1.54, 1.807) is 12.5 Å². The Labute approximate surface area is 182 Å². The van der Waals surface area contributed by atoms with E-state index in [4.69, 9.17) is 5.11 Å². The van der Waals surface area contributed by atoms with Crippen molar-refractivity contribution in [2.45, 2.75) is 45.1 Å². The minimum Gasteiger partial charge on any atom is -0.481 e. The molecule has 6 heteroatoms. The van der Waals surface area contributed by atoms with Crippen molar-refractivity contribution in [2.24, 2.45) is 0 Å². The number of allylic oxidation sites excluding steroid dienone is 1. The van der Waals surface area contributed by atoms with Gasteiger partial charge >= 0.3 is 5.97 Å². The number of imidazole rings is 1. The third kappa shape index (κ3) is 7.10. The quantitative estimate of drug-likeness (QED) is 0.338. The first-order valence-electron chi connectivity index (χ1n) is 10.7. The van der Waals surface area contributed by atoms with Crippen molar-refractivity contribution < 1.29 is 14.7 Å². The molecule has 3 aromatic rings. The summed E-state index contributed by atoms with van der Waals surface area (Å²) >= 11 is 0. The van der Waals surface area contributed by atoms with Gasteiger partial charge in [-0.3, -0.25) is 9.59 Å². The van der Waals surface area contributed by atoms with Crippen LogP contribution in [0, 0.1) is 0 Å². The van der Waals surface area contributed by atoms with Crippen LogP contribution in [0.5, 0.6) is 0 Å². The molecule has 1 heterocycles. The molecule has 6 nitrogen and oxygen atoms in total. The molecule has 0 fully saturated rings. The molecule has 0 aliphatic carbocycles. The largest absolute Gasteiger partial charge is 0.481 e. The fourth-order valence-corrected chi connectivity index (χ4v) is 3.59. The molecule has 1 aromatic heterocycles. The zero-order valence-corrected chi connectivity index (χ0v) is 17.7. The van der Waals surface area contributed by atoms with Gasteiger partial charge in [0, 0.05) is 43.9 Å². The number of aromatic nitrogens is 2. The van der Waals surface area contributed by atoms with E-state index in [-0.39, 0.29) is 12.3 Å². The Bertz CT molecular complexity index is 1020. The maximum atomic E-state index is 12.9. The Morgan fingerprint density at radius 1 is 1.06 bits per heavy atom. The van der Waals surface area contributed by atoms with Gasteiger partial charge in [-0.25, -0.2) is 4.98 Å². The summed E-state index contributed by atoms with van der Waals surface area (Å²) in [6.07, 6.45) is 11.0. The number of aliphatic carboxylic acids is 1. The Kier molecular flexibility index (Phi) is 8.40. The standard InChI is InChI=1S/C25H29N3O3/c29-24(30)13-3-1-2-9-22(25(31)27-14-7-16-28-17-15-26-19-28)18-21-11-6-10-20-8-4-5-12-23(20)21/h4-6,8-12,15,17,19H,1-3,7,13-14,16,18H2,(H,27,31)(H,29,30)/b22-9+. The first-order chi connectivity index (χ1) is 15.1. The molecule has 2 aromatic carbocycles. The van der Waals surface area contributed by atoms with Crippen LogP contribution in [0.25, 0.3) is 10.8 Å². The summed E-state index contributed by atoms with van der Waals surface area (Å²) in [5.74, 6) is -0.840. The molecule has 0 atom stereocenters. The number of hydrogen-bond donors (Lipinski definition) is 2. The van der Waals surface area contributed by atoms with Crippen LogP contribution < -0.4 is 5.32 Å². The summed E-state index contributed by atoms with van der Waals surface area (Å²) in [5.41, 5.74) is 1.85. The number of hydrogen-bond acceptors (Lipinski definition) is 3. The highest BCUT2D eigenvalue weighted by Crippen LogP contribution is 2.21. The summed E-state index contributed by atoms with van der Waals surface area (Å²) in [5, 5.41) is 14.1. The number of aryl methyl sites for hydroxylation is 1. The van der Waals surface area contributed by atoms with Crippen LogP contribution in [0.4, 0.5) is 0 Å². The first kappa shape index (κ1) is 22.3. The van der Waals surface area contributed by atoms with Crippen molar-refractivity contribution in [1.82, 2.24) is 14.9 Å². The second-order valence-electron chi connectivity index (χ2n) is 7.59. The summed E-state index contributed by atoms with van der Waals surface area (Å²) < 4.78 is 1.99. The van der Waals surface area contributed by atoms with Crippen LogP contribution in [0.2, 0.25) is 0 Å². The van der Waals surface area contributed by atoms with Gasteiger partial charge in [0.2, 0.25) is 5.91 Å². The monoisotopic (exact) mass is 419 g/mol. The Morgan fingerprint density at radius 2 is 1.90 bits per heavy atom. The van der Waals surface area contributed by atoms with Crippen molar-refractivity contribution in [3.63, 3.8) is 0 Å². The average Bonchev–Trinajstić information content (AvgIpc) is 3.29. The van der Waals surface area contributed by atoms with Crippen LogP contribution >= 0.6 is 0 Å². The van der Waals surface area contributed by atoms with Crippen molar-refractivity contribution >= 4 is 22.6 Å². The number of nitrogens with one attached hydrogen (secondary N) is 1. The van der Waals surface area contributed by atoms with Crippen LogP contribution in [0.1, 0.15) is 37.7 Å². The zero-order chi connectivity index (χ0) is 21.9. The molecule has 162 valence electrons. The number of carbonyl (C=O) groups is 2. The van der Waals surface area contributed by atoms with Gasteiger partial charge < -0.3 is 15.0 Å². The fraction of sp³-hybridized carbons (Fsp3) is 0.320. The van der Waals surface area contributed by atoms with Crippen LogP contribution in [0.3, 0.4) is 0 Å². The molecule has 0 saturated heterocycles. The second-order valence-corrected chi connectivity index (χ2v) is 7.59. The third-order valence-corrected chi connectivity index (χ3v) is 5.23. The lowest BCUT2D eigenvalue weighted by atomic mass is 9.97. The molecule has 0 saturated carbocycles. The van der Waals surface area contributed by atoms with Gasteiger partial charge in [0.05, 0.1) is 6.33 Å². The minimum atomic E-state index is -0.782. The molecule has 0 radical (unpaired) electrons. The second kappa shape index (κ2) is 11.7. The predicted octanol–water partition coefficient (Wildman–Crippen LogP) is 4.36. The number of carboxylic acids is 1. The maximum Gasteiger partial charge on any atom is 0.303 e. The number of carbonyl (C=O) groups excluding carboxylic acids is 1. The molecule has 3 rings (SSSR count). The fourth-order valence-electron chi connectivity index (χ4n) is 3.59. The molecule has 2 N–H and O–H groups in total. The molecule has 0 aliphatic heterocycles. The van der Waals surface area contributed by atoms with E-state index in [0.29, 0.717) is 25.8 Å². The number of rotatable bonds is 12. The lowest BCUT2D eigenvalue weighted by Gasteiger charge is -2.12. The van der Waals surface area contributed by atoms with Crippen molar-refractivity contribution in [3.8, 4) is 0 Å². The van der Waals surface area contributed by atoms with Crippen LogP contribution in [-0.2, 0) is 22.6 Å². The lowest BCUT2D eigenvalue weighted by Crippen LogP contribution is -2.27. The molecule has 31 heavy (non-hydrogen) atoms. The van der Waals surface area contributed by atoms with Gasteiger partial charge in [0.15, 0.2) is 0 Å². The van der Waals surface area contributed by atoms with Gasteiger partial charge in [-0.15, -0.1) is 0 Å². The van der Waals surface area contributed by atoms with Gasteiger partial charge in [-0.05, 0) is 42.0 Å². The Balaban J connectivity index is 1.64. The highest BCUT2D eigenvalue weighted by molar-refractivity contribution is 5.95. The number of amides is 1. The van der Waals surface area contributed by atoms with E-state index >= 15 is 0 Å². The third-order valence-electron chi connectivity index (χ3n) is 5.23. The van der Waals surface area contributed by atoms with E-state index in [2.05, 4.69) is 34.6 Å². The minimum absolute atomic E-state index is 0.0585. The summed E-state index contributed by atoms with van der Waals surface area (Å²) in [6.45, 7) is 1.39. The summed E-state index contributed by atoms with van der Waals surface area (Å²) in [6, 6.07) is 14.3. The molecule has 0 aliphatic rings. The first-order valence-corrected chi connectivity index (χ1v) is 10.7. The van der Waals surface area contributed by atoms with E-state index < -0.39 is 5.97 Å². The topological polar surface area (TPSA) is 84.2 Å². The lowest BCUT2D eigenvalue weighted by molar-refractivity contribution is -0.137. The number of fused-ring (bicyclic) bond motifs is 1. The van der Waals surface area contributed by atoms with Crippen molar-refractivity contribution in [2.75, 3.05) is 6.54 Å².